The molecule has 136 valence electrons. The van der Waals surface area contributed by atoms with Gasteiger partial charge in [-0.3, -0.25) is 4.68 Å². The number of nitrogens with one attached hydrogen (secondary N) is 1. The third-order valence-electron chi connectivity index (χ3n) is 3.63. The molecule has 4 rings (SSSR count). The molecule has 0 fully saturated rings. The van der Waals surface area contributed by atoms with Crippen LogP contribution in [0.3, 0.4) is 0 Å². The van der Waals surface area contributed by atoms with Crippen molar-refractivity contribution in [1.29, 1.82) is 0 Å². The first-order chi connectivity index (χ1) is 13.1. The Bertz CT molecular complexity index is 1100. The van der Waals surface area contributed by atoms with E-state index in [-0.39, 0.29) is 11.8 Å². The predicted octanol–water partition coefficient (Wildman–Crippen LogP) is 2.31. The van der Waals surface area contributed by atoms with E-state index in [1.54, 1.807) is 23.0 Å². The largest absolute Gasteiger partial charge is 0.368 e. The molecule has 11 heteroatoms. The third-order valence-corrected chi connectivity index (χ3v) is 4.63. The number of hydrogen-bond acceptors (Lipinski definition) is 9. The highest BCUT2D eigenvalue weighted by Gasteiger charge is 2.11. The summed E-state index contributed by atoms with van der Waals surface area (Å²) in [7, 11) is 1.82. The molecule has 27 heavy (non-hydrogen) atoms. The number of fused-ring (bicyclic) bond motifs is 1. The molecule has 0 saturated carbocycles. The predicted molar refractivity (Wildman–Crippen MR) is 99.8 cm³/mol. The lowest BCUT2D eigenvalue weighted by molar-refractivity contribution is 0.628. The first-order valence-electron chi connectivity index (χ1n) is 7.87. The molecule has 3 heterocycles. The highest BCUT2D eigenvalue weighted by molar-refractivity contribution is 7.98. The Morgan fingerprint density at radius 2 is 1.96 bits per heavy atom. The Morgan fingerprint density at radius 3 is 2.78 bits per heavy atom. The van der Waals surface area contributed by atoms with Crippen LogP contribution in [0.15, 0.2) is 41.8 Å². The molecule has 0 aliphatic rings. The zero-order chi connectivity index (χ0) is 18.8. The number of aromatic nitrogens is 7. The molecule has 3 N–H and O–H groups in total. The highest BCUT2D eigenvalue weighted by atomic mass is 32.2. The van der Waals surface area contributed by atoms with Crippen LogP contribution in [0.25, 0.3) is 11.0 Å². The van der Waals surface area contributed by atoms with E-state index in [2.05, 4.69) is 35.3 Å². The Labute approximate surface area is 157 Å². The van der Waals surface area contributed by atoms with Gasteiger partial charge in [0.25, 0.3) is 0 Å². The van der Waals surface area contributed by atoms with E-state index in [0.717, 1.165) is 16.1 Å². The summed E-state index contributed by atoms with van der Waals surface area (Å²) in [5.41, 5.74) is 7.19. The van der Waals surface area contributed by atoms with E-state index >= 15 is 0 Å². The van der Waals surface area contributed by atoms with Crippen LogP contribution in [0.2, 0.25) is 0 Å². The molecule has 0 amide bonds. The maximum absolute atomic E-state index is 13.0. The second-order valence-corrected chi connectivity index (χ2v) is 6.50. The number of aryl methyl sites for hydroxylation is 1. The van der Waals surface area contributed by atoms with Gasteiger partial charge in [0.15, 0.2) is 5.65 Å². The zero-order valence-electron chi connectivity index (χ0n) is 14.2. The number of rotatable bonds is 5. The molecule has 0 saturated heterocycles. The lowest BCUT2D eigenvalue weighted by atomic mass is 10.3. The van der Waals surface area contributed by atoms with Crippen molar-refractivity contribution < 1.29 is 4.39 Å². The molecule has 3 aromatic heterocycles. The molecule has 1 aromatic carbocycles. The van der Waals surface area contributed by atoms with Crippen LogP contribution < -0.4 is 11.1 Å². The van der Waals surface area contributed by atoms with Gasteiger partial charge >= 0.3 is 0 Å². The Morgan fingerprint density at radius 1 is 1.15 bits per heavy atom. The van der Waals surface area contributed by atoms with Gasteiger partial charge in [-0.15, -0.1) is 0 Å². The second-order valence-electron chi connectivity index (χ2n) is 5.54. The summed E-state index contributed by atoms with van der Waals surface area (Å²) in [6.07, 6.45) is 3.22. The van der Waals surface area contributed by atoms with E-state index < -0.39 is 0 Å². The molecular weight excluding hydrogens is 369 g/mol. The van der Waals surface area contributed by atoms with Crippen LogP contribution in [-0.4, -0.2) is 34.7 Å². The minimum atomic E-state index is -0.320. The molecule has 0 aliphatic carbocycles. The fraction of sp³-hybridized carbons (Fsp3) is 0.125. The standard InChI is InChI=1S/C16H14FN9S/c1-26-13-11(6-21-26)14(20-8-19-13)27-7-12-23-15(18)25-16(24-12)22-10-4-2-9(17)3-5-10/h2-6,8H,7H2,1H3,(H3,18,22,23,24,25). The fourth-order valence-electron chi connectivity index (χ4n) is 2.41. The van der Waals surface area contributed by atoms with Crippen LogP contribution in [0, 0.1) is 5.82 Å². The Kier molecular flexibility index (Phi) is 4.50. The lowest BCUT2D eigenvalue weighted by Gasteiger charge is -2.07. The van der Waals surface area contributed by atoms with Gasteiger partial charge in [-0.25, -0.2) is 14.4 Å². The summed E-state index contributed by atoms with van der Waals surface area (Å²) in [5, 5.41) is 8.82. The number of nitrogens with zero attached hydrogens (tertiary/aromatic N) is 7. The summed E-state index contributed by atoms with van der Waals surface area (Å²) in [6.45, 7) is 0. The topological polar surface area (TPSA) is 120 Å². The number of benzene rings is 1. The van der Waals surface area contributed by atoms with E-state index in [4.69, 9.17) is 5.73 Å². The van der Waals surface area contributed by atoms with Gasteiger partial charge in [0.1, 0.15) is 23.0 Å². The van der Waals surface area contributed by atoms with Crippen molar-refractivity contribution in [2.45, 2.75) is 10.8 Å². The van der Waals surface area contributed by atoms with Gasteiger partial charge in [0.2, 0.25) is 11.9 Å². The lowest BCUT2D eigenvalue weighted by Crippen LogP contribution is -2.06. The minimum absolute atomic E-state index is 0.0967. The van der Waals surface area contributed by atoms with Crippen molar-refractivity contribution in [3.05, 3.63) is 48.4 Å². The van der Waals surface area contributed by atoms with Crippen molar-refractivity contribution in [3.63, 3.8) is 0 Å². The van der Waals surface area contributed by atoms with Crippen LogP contribution in [0.1, 0.15) is 5.82 Å². The summed E-state index contributed by atoms with van der Waals surface area (Å²) in [6, 6.07) is 5.86. The first kappa shape index (κ1) is 17.1. The van der Waals surface area contributed by atoms with Gasteiger partial charge < -0.3 is 11.1 Å². The summed E-state index contributed by atoms with van der Waals surface area (Å²) >= 11 is 1.45. The quantitative estimate of drug-likeness (QED) is 0.395. The van der Waals surface area contributed by atoms with E-state index in [1.165, 1.54) is 30.2 Å². The van der Waals surface area contributed by atoms with E-state index in [0.29, 0.717) is 23.2 Å². The molecule has 0 spiro atoms. The Hall–Kier alpha value is -3.34. The van der Waals surface area contributed by atoms with E-state index in [9.17, 15) is 4.39 Å². The van der Waals surface area contributed by atoms with Crippen LogP contribution >= 0.6 is 11.8 Å². The van der Waals surface area contributed by atoms with Crippen molar-refractivity contribution in [3.8, 4) is 0 Å². The summed E-state index contributed by atoms with van der Waals surface area (Å²) in [4.78, 5) is 21.1. The van der Waals surface area contributed by atoms with Crippen molar-refractivity contribution in [1.82, 2.24) is 34.7 Å². The van der Waals surface area contributed by atoms with Crippen LogP contribution in [0.5, 0.6) is 0 Å². The maximum Gasteiger partial charge on any atom is 0.232 e. The molecular formula is C16H14FN9S. The third kappa shape index (κ3) is 3.77. The normalized spacial score (nSPS) is 11.0. The molecule has 4 aromatic rings. The molecule has 0 atom stereocenters. The number of nitrogens with two attached hydrogens (primary N) is 1. The highest BCUT2D eigenvalue weighted by Crippen LogP contribution is 2.26. The van der Waals surface area contributed by atoms with Gasteiger partial charge in [0.05, 0.1) is 17.3 Å². The fourth-order valence-corrected chi connectivity index (χ4v) is 3.23. The van der Waals surface area contributed by atoms with Gasteiger partial charge in [-0.1, -0.05) is 11.8 Å². The average Bonchev–Trinajstić information content (AvgIpc) is 3.03. The molecule has 9 nitrogen and oxygen atoms in total. The molecule has 0 unspecified atom stereocenters. The number of halogens is 1. The summed E-state index contributed by atoms with van der Waals surface area (Å²) in [5.74, 6) is 0.997. The summed E-state index contributed by atoms with van der Waals surface area (Å²) < 4.78 is 14.7. The minimum Gasteiger partial charge on any atom is -0.368 e. The number of nitrogen functional groups attached to an aromatic ring is 1. The van der Waals surface area contributed by atoms with Gasteiger partial charge in [-0.05, 0) is 24.3 Å². The number of anilines is 3. The van der Waals surface area contributed by atoms with E-state index in [1.807, 2.05) is 7.05 Å². The van der Waals surface area contributed by atoms with Gasteiger partial charge in [-0.2, -0.15) is 20.1 Å². The molecule has 0 bridgehead atoms. The average molecular weight is 383 g/mol. The van der Waals surface area contributed by atoms with Crippen molar-refractivity contribution >= 4 is 40.4 Å². The zero-order valence-corrected chi connectivity index (χ0v) is 15.0. The maximum atomic E-state index is 13.0. The number of hydrogen-bond donors (Lipinski definition) is 2. The smallest absolute Gasteiger partial charge is 0.232 e. The van der Waals surface area contributed by atoms with Crippen molar-refractivity contribution in [2.24, 2.45) is 7.05 Å². The number of thioether (sulfide) groups is 1. The molecule has 0 radical (unpaired) electrons. The SMILES string of the molecule is Cn1ncc2c(SCc3nc(N)nc(Nc4ccc(F)cc4)n3)ncnc21. The second kappa shape index (κ2) is 7.11. The molecule has 0 aliphatic heterocycles. The van der Waals surface area contributed by atoms with Crippen LogP contribution in [-0.2, 0) is 12.8 Å². The Balaban J connectivity index is 1.53. The van der Waals surface area contributed by atoms with Crippen molar-refractivity contribution in [2.75, 3.05) is 11.1 Å². The van der Waals surface area contributed by atoms with Crippen LogP contribution in [0.4, 0.5) is 22.0 Å². The first-order valence-corrected chi connectivity index (χ1v) is 8.85. The van der Waals surface area contributed by atoms with Gasteiger partial charge in [0, 0.05) is 12.7 Å². The monoisotopic (exact) mass is 383 g/mol.